The summed E-state index contributed by atoms with van der Waals surface area (Å²) < 4.78 is 34.2. The number of hydrogen-bond donors (Lipinski definition) is 1. The molecule has 5 nitrogen and oxygen atoms in total. The zero-order valence-corrected chi connectivity index (χ0v) is 14.9. The first-order valence-corrected chi connectivity index (χ1v) is 9.83. The number of anilines is 1. The van der Waals surface area contributed by atoms with Crippen molar-refractivity contribution in [3.05, 3.63) is 72.0 Å². The molecular formula is C18H14N2O3S2. The standard InChI is InChI=1S/C18H14N2O3S2/c1-12-6-8-13(9-7-12)24-17-11-10-15(23-17)18-19-14-4-2-3-5-16(14)25(21,22)20-18/h2-11H,1H3,(H,19,20). The Hall–Kier alpha value is -2.51. The molecule has 0 fully saturated rings. The molecular weight excluding hydrogens is 356 g/mol. The molecule has 1 N–H and O–H groups in total. The number of hydrogen-bond acceptors (Lipinski definition) is 5. The normalized spacial score (nSPS) is 15.2. The van der Waals surface area contributed by atoms with Gasteiger partial charge >= 0.3 is 0 Å². The number of para-hydroxylation sites is 1. The van der Waals surface area contributed by atoms with Crippen LogP contribution in [-0.2, 0) is 10.0 Å². The van der Waals surface area contributed by atoms with E-state index in [2.05, 4.69) is 9.71 Å². The maximum atomic E-state index is 12.3. The van der Waals surface area contributed by atoms with Gasteiger partial charge < -0.3 is 9.73 Å². The fourth-order valence-corrected chi connectivity index (χ4v) is 4.34. The van der Waals surface area contributed by atoms with E-state index < -0.39 is 10.0 Å². The Labute approximate surface area is 149 Å². The van der Waals surface area contributed by atoms with Gasteiger partial charge in [0.15, 0.2) is 16.7 Å². The Morgan fingerprint density at radius 2 is 1.76 bits per heavy atom. The van der Waals surface area contributed by atoms with Gasteiger partial charge in [-0.25, -0.2) is 0 Å². The molecule has 0 radical (unpaired) electrons. The number of rotatable bonds is 3. The van der Waals surface area contributed by atoms with E-state index in [1.54, 1.807) is 30.3 Å². The van der Waals surface area contributed by atoms with E-state index in [0.717, 1.165) is 4.90 Å². The number of sulfonamides is 1. The topological polar surface area (TPSA) is 71.7 Å². The lowest BCUT2D eigenvalue weighted by molar-refractivity contribution is 0.467. The molecule has 0 spiro atoms. The fraction of sp³-hybridized carbons (Fsp3) is 0.0556. The second-order valence-corrected chi connectivity index (χ2v) is 8.22. The van der Waals surface area contributed by atoms with E-state index in [0.29, 0.717) is 16.5 Å². The number of nitrogens with one attached hydrogen (secondary N) is 1. The predicted molar refractivity (Wildman–Crippen MR) is 97.8 cm³/mol. The van der Waals surface area contributed by atoms with Crippen LogP contribution in [0.5, 0.6) is 0 Å². The van der Waals surface area contributed by atoms with Crippen LogP contribution in [0.4, 0.5) is 5.69 Å². The van der Waals surface area contributed by atoms with Gasteiger partial charge in [0.2, 0.25) is 0 Å². The molecule has 0 unspecified atom stereocenters. The van der Waals surface area contributed by atoms with Crippen LogP contribution in [0.15, 0.2) is 84.4 Å². The molecule has 0 saturated carbocycles. The molecule has 1 aliphatic heterocycles. The maximum Gasteiger partial charge on any atom is 0.286 e. The van der Waals surface area contributed by atoms with Gasteiger partial charge in [0.05, 0.1) is 5.69 Å². The van der Waals surface area contributed by atoms with E-state index in [1.807, 2.05) is 31.2 Å². The molecule has 1 aliphatic rings. The first kappa shape index (κ1) is 16.0. The van der Waals surface area contributed by atoms with Crippen molar-refractivity contribution < 1.29 is 12.8 Å². The number of furan rings is 1. The van der Waals surface area contributed by atoms with Gasteiger partial charge in [-0.05, 0) is 43.3 Å². The van der Waals surface area contributed by atoms with Crippen molar-refractivity contribution in [2.24, 2.45) is 4.40 Å². The summed E-state index contributed by atoms with van der Waals surface area (Å²) in [5.74, 6) is 0.571. The Morgan fingerprint density at radius 1 is 1.00 bits per heavy atom. The Morgan fingerprint density at radius 3 is 2.56 bits per heavy atom. The summed E-state index contributed by atoms with van der Waals surface area (Å²) in [5.41, 5.74) is 1.69. The number of amidine groups is 1. The monoisotopic (exact) mass is 370 g/mol. The fourth-order valence-electron chi connectivity index (χ4n) is 2.45. The van der Waals surface area contributed by atoms with E-state index in [4.69, 9.17) is 4.42 Å². The minimum absolute atomic E-state index is 0.166. The quantitative estimate of drug-likeness (QED) is 0.744. The average Bonchev–Trinajstić information content (AvgIpc) is 3.05. The smallest absolute Gasteiger partial charge is 0.286 e. The van der Waals surface area contributed by atoms with Crippen molar-refractivity contribution in [3.8, 4) is 0 Å². The SMILES string of the molecule is Cc1ccc(Sc2ccc(C3=NS(=O)(=O)c4ccccc4N3)o2)cc1. The van der Waals surface area contributed by atoms with Crippen LogP contribution in [0.1, 0.15) is 11.3 Å². The van der Waals surface area contributed by atoms with Gasteiger partial charge in [-0.1, -0.05) is 41.6 Å². The van der Waals surface area contributed by atoms with Crippen LogP contribution in [-0.4, -0.2) is 14.3 Å². The number of aryl methyl sites for hydroxylation is 1. The van der Waals surface area contributed by atoms with Gasteiger partial charge in [-0.15, -0.1) is 4.40 Å². The lowest BCUT2D eigenvalue weighted by atomic mass is 10.2. The number of benzene rings is 2. The van der Waals surface area contributed by atoms with E-state index in [-0.39, 0.29) is 10.7 Å². The van der Waals surface area contributed by atoms with Crippen molar-refractivity contribution in [2.45, 2.75) is 21.8 Å². The molecule has 0 atom stereocenters. The second-order valence-electron chi connectivity index (χ2n) is 5.57. The number of fused-ring (bicyclic) bond motifs is 1. The molecule has 0 amide bonds. The van der Waals surface area contributed by atoms with E-state index in [1.165, 1.54) is 23.4 Å². The Balaban J connectivity index is 1.62. The maximum absolute atomic E-state index is 12.3. The van der Waals surface area contributed by atoms with Gasteiger partial charge in [0.25, 0.3) is 10.0 Å². The van der Waals surface area contributed by atoms with Crippen molar-refractivity contribution in [3.63, 3.8) is 0 Å². The average molecular weight is 370 g/mol. The molecule has 0 aliphatic carbocycles. The summed E-state index contributed by atoms with van der Waals surface area (Å²) in [4.78, 5) is 1.21. The number of nitrogens with zero attached hydrogens (tertiary/aromatic N) is 1. The van der Waals surface area contributed by atoms with Crippen molar-refractivity contribution in [1.82, 2.24) is 0 Å². The third-order valence-electron chi connectivity index (χ3n) is 3.68. The molecule has 0 bridgehead atoms. The first-order chi connectivity index (χ1) is 12.0. The molecule has 3 aromatic rings. The summed E-state index contributed by atoms with van der Waals surface area (Å²) in [6.45, 7) is 2.03. The molecule has 2 heterocycles. The largest absolute Gasteiger partial charge is 0.446 e. The third-order valence-corrected chi connectivity index (χ3v) is 5.95. The van der Waals surface area contributed by atoms with E-state index in [9.17, 15) is 8.42 Å². The van der Waals surface area contributed by atoms with Gasteiger partial charge in [0.1, 0.15) is 4.90 Å². The lowest BCUT2D eigenvalue weighted by Gasteiger charge is -2.16. The van der Waals surface area contributed by atoms with Gasteiger partial charge in [0, 0.05) is 4.90 Å². The summed E-state index contributed by atoms with van der Waals surface area (Å²) >= 11 is 1.47. The summed E-state index contributed by atoms with van der Waals surface area (Å²) in [7, 11) is -3.74. The molecule has 7 heteroatoms. The van der Waals surface area contributed by atoms with Crippen molar-refractivity contribution in [2.75, 3.05) is 5.32 Å². The summed E-state index contributed by atoms with van der Waals surface area (Å²) in [6, 6.07) is 18.3. The van der Waals surface area contributed by atoms with Crippen molar-refractivity contribution >= 4 is 33.3 Å². The molecule has 4 rings (SSSR count). The summed E-state index contributed by atoms with van der Waals surface area (Å²) in [6.07, 6.45) is 0. The molecule has 0 saturated heterocycles. The molecule has 126 valence electrons. The minimum Gasteiger partial charge on any atom is -0.446 e. The zero-order valence-electron chi connectivity index (χ0n) is 13.3. The van der Waals surface area contributed by atoms with Crippen LogP contribution in [0, 0.1) is 6.92 Å². The Bertz CT molecular complexity index is 1070. The zero-order chi connectivity index (χ0) is 17.4. The van der Waals surface area contributed by atoms with Gasteiger partial charge in [-0.2, -0.15) is 8.42 Å². The van der Waals surface area contributed by atoms with E-state index >= 15 is 0 Å². The highest BCUT2D eigenvalue weighted by Crippen LogP contribution is 2.32. The molecule has 2 aromatic carbocycles. The van der Waals surface area contributed by atoms with Crippen LogP contribution in [0.25, 0.3) is 0 Å². The van der Waals surface area contributed by atoms with Crippen LogP contribution >= 0.6 is 11.8 Å². The second kappa shape index (κ2) is 6.09. The molecule has 25 heavy (non-hydrogen) atoms. The van der Waals surface area contributed by atoms with Crippen LogP contribution in [0.2, 0.25) is 0 Å². The Kier molecular flexibility index (Phi) is 3.89. The predicted octanol–water partition coefficient (Wildman–Crippen LogP) is 4.30. The first-order valence-electron chi connectivity index (χ1n) is 7.57. The highest BCUT2D eigenvalue weighted by molar-refractivity contribution is 7.99. The van der Waals surface area contributed by atoms with Crippen LogP contribution in [0.3, 0.4) is 0 Å². The van der Waals surface area contributed by atoms with Gasteiger partial charge in [-0.3, -0.25) is 0 Å². The van der Waals surface area contributed by atoms with Crippen molar-refractivity contribution in [1.29, 1.82) is 0 Å². The lowest BCUT2D eigenvalue weighted by Crippen LogP contribution is -2.21. The highest BCUT2D eigenvalue weighted by Gasteiger charge is 2.26. The minimum atomic E-state index is -3.74. The summed E-state index contributed by atoms with van der Waals surface area (Å²) in [5, 5.41) is 3.69. The highest BCUT2D eigenvalue weighted by atomic mass is 32.2. The third kappa shape index (κ3) is 3.20. The molecule has 1 aromatic heterocycles. The van der Waals surface area contributed by atoms with Crippen LogP contribution < -0.4 is 5.32 Å².